The van der Waals surface area contributed by atoms with Crippen molar-refractivity contribution in [1.82, 2.24) is 18.3 Å². The van der Waals surface area contributed by atoms with E-state index in [1.165, 1.54) is 25.4 Å². The van der Waals surface area contributed by atoms with Crippen LogP contribution in [0.4, 0.5) is 0 Å². The highest BCUT2D eigenvalue weighted by Crippen LogP contribution is 2.41. The standard InChI is InChI=1S/C24H30N4O5S2/c1-6-25-19(29)17(20(30)26(7-2)23(25)34)16(14-12-10-11-13-15(14)33-5)18-21(31)27(8-3)24(35)28(9-4)22(18)32/h10-13,16,29,31H,6-9H2,1-5H3. The zero-order valence-corrected chi connectivity index (χ0v) is 22.1. The van der Waals surface area contributed by atoms with Crippen LogP contribution in [0.15, 0.2) is 33.9 Å². The van der Waals surface area contributed by atoms with Crippen LogP contribution in [0.1, 0.15) is 50.3 Å². The van der Waals surface area contributed by atoms with Gasteiger partial charge in [0.05, 0.1) is 24.2 Å². The third kappa shape index (κ3) is 4.23. The molecule has 0 amide bonds. The summed E-state index contributed by atoms with van der Waals surface area (Å²) in [5.74, 6) is -1.51. The number of ether oxygens (including phenoxy) is 1. The normalized spacial score (nSPS) is 11.3. The van der Waals surface area contributed by atoms with Gasteiger partial charge in [0.2, 0.25) is 11.8 Å². The summed E-state index contributed by atoms with van der Waals surface area (Å²) in [5.41, 5.74) is -0.839. The maximum Gasteiger partial charge on any atom is 0.262 e. The molecule has 35 heavy (non-hydrogen) atoms. The Labute approximate surface area is 213 Å². The predicted octanol–water partition coefficient (Wildman–Crippen LogP) is 3.75. The van der Waals surface area contributed by atoms with Crippen LogP contribution in [0.3, 0.4) is 0 Å². The molecule has 2 aromatic heterocycles. The first-order valence-corrected chi connectivity index (χ1v) is 12.3. The Hall–Kier alpha value is -3.18. The average molecular weight is 519 g/mol. The second-order valence-corrected chi connectivity index (χ2v) is 8.53. The highest BCUT2D eigenvalue weighted by Gasteiger charge is 2.34. The van der Waals surface area contributed by atoms with Gasteiger partial charge in [-0.3, -0.25) is 27.9 Å². The number of methoxy groups -OCH3 is 1. The van der Waals surface area contributed by atoms with Crippen LogP contribution >= 0.6 is 24.4 Å². The summed E-state index contributed by atoms with van der Waals surface area (Å²) in [5, 5.41) is 22.7. The van der Waals surface area contributed by atoms with Gasteiger partial charge in [0, 0.05) is 31.7 Å². The summed E-state index contributed by atoms with van der Waals surface area (Å²) in [6, 6.07) is 6.88. The van der Waals surface area contributed by atoms with Gasteiger partial charge >= 0.3 is 0 Å². The van der Waals surface area contributed by atoms with Crippen molar-refractivity contribution in [2.75, 3.05) is 7.11 Å². The minimum absolute atomic E-state index is 0.0818. The van der Waals surface area contributed by atoms with Gasteiger partial charge in [-0.25, -0.2) is 0 Å². The van der Waals surface area contributed by atoms with Crippen molar-refractivity contribution in [1.29, 1.82) is 0 Å². The Morgan fingerprint density at radius 1 is 0.771 bits per heavy atom. The van der Waals surface area contributed by atoms with Crippen LogP contribution in [0.25, 0.3) is 0 Å². The Morgan fingerprint density at radius 2 is 1.17 bits per heavy atom. The topological polar surface area (TPSA) is 104 Å². The maximum absolute atomic E-state index is 13.8. The first-order valence-electron chi connectivity index (χ1n) is 11.5. The zero-order valence-electron chi connectivity index (χ0n) is 20.4. The number of rotatable bonds is 8. The second-order valence-electron chi connectivity index (χ2n) is 7.80. The number of aromatic nitrogens is 4. The van der Waals surface area contributed by atoms with Crippen molar-refractivity contribution in [2.45, 2.75) is 59.8 Å². The van der Waals surface area contributed by atoms with E-state index < -0.39 is 17.0 Å². The molecule has 0 saturated carbocycles. The van der Waals surface area contributed by atoms with Crippen molar-refractivity contribution < 1.29 is 14.9 Å². The Balaban J connectivity index is 2.67. The fourth-order valence-corrected chi connectivity index (χ4v) is 5.27. The molecular weight excluding hydrogens is 488 g/mol. The molecule has 0 aliphatic heterocycles. The molecule has 0 spiro atoms. The summed E-state index contributed by atoms with van der Waals surface area (Å²) in [4.78, 5) is 27.5. The lowest BCUT2D eigenvalue weighted by Gasteiger charge is -2.25. The summed E-state index contributed by atoms with van der Waals surface area (Å²) >= 11 is 10.9. The first kappa shape index (κ1) is 26.4. The molecule has 2 heterocycles. The lowest BCUT2D eigenvalue weighted by molar-refractivity contribution is 0.377. The molecule has 188 valence electrons. The Morgan fingerprint density at radius 3 is 1.54 bits per heavy atom. The van der Waals surface area contributed by atoms with Crippen LogP contribution in [0.5, 0.6) is 17.5 Å². The number of nitrogens with zero attached hydrogens (tertiary/aromatic N) is 4. The third-order valence-corrected chi connectivity index (χ3v) is 7.04. The lowest BCUT2D eigenvalue weighted by Crippen LogP contribution is -2.34. The number of hydrogen-bond acceptors (Lipinski definition) is 7. The Bertz CT molecular complexity index is 1410. The molecule has 0 aliphatic rings. The second kappa shape index (κ2) is 10.6. The maximum atomic E-state index is 13.8. The van der Waals surface area contributed by atoms with E-state index in [0.717, 1.165) is 0 Å². The molecule has 1 aromatic carbocycles. The third-order valence-electron chi connectivity index (χ3n) is 6.16. The molecule has 11 heteroatoms. The monoisotopic (exact) mass is 518 g/mol. The van der Waals surface area contributed by atoms with Crippen molar-refractivity contribution >= 4 is 24.4 Å². The average Bonchev–Trinajstić information content (AvgIpc) is 2.84. The van der Waals surface area contributed by atoms with E-state index >= 15 is 0 Å². The minimum atomic E-state index is -1.16. The number of aromatic hydroxyl groups is 2. The van der Waals surface area contributed by atoms with Crippen LogP contribution in [-0.2, 0) is 26.2 Å². The van der Waals surface area contributed by atoms with Crippen molar-refractivity contribution in [2.24, 2.45) is 0 Å². The summed E-state index contributed by atoms with van der Waals surface area (Å²) in [6.07, 6.45) is 0. The predicted molar refractivity (Wildman–Crippen MR) is 139 cm³/mol. The molecular formula is C24H30N4O5S2. The highest BCUT2D eigenvalue weighted by molar-refractivity contribution is 7.71. The van der Waals surface area contributed by atoms with Crippen LogP contribution < -0.4 is 15.9 Å². The molecule has 0 unspecified atom stereocenters. The van der Waals surface area contributed by atoms with E-state index in [4.69, 9.17) is 29.2 Å². The van der Waals surface area contributed by atoms with E-state index in [2.05, 4.69) is 0 Å². The lowest BCUT2D eigenvalue weighted by atomic mass is 9.86. The fourth-order valence-electron chi connectivity index (χ4n) is 4.41. The van der Waals surface area contributed by atoms with E-state index in [1.807, 2.05) is 0 Å². The highest BCUT2D eigenvalue weighted by atomic mass is 32.1. The van der Waals surface area contributed by atoms with E-state index in [1.54, 1.807) is 52.0 Å². The zero-order chi connectivity index (χ0) is 26.0. The van der Waals surface area contributed by atoms with Gasteiger partial charge in [-0.1, -0.05) is 18.2 Å². The molecule has 0 saturated heterocycles. The minimum Gasteiger partial charge on any atom is -0.496 e. The summed E-state index contributed by atoms with van der Waals surface area (Å²) < 4.78 is 11.5. The van der Waals surface area contributed by atoms with E-state index in [9.17, 15) is 19.8 Å². The molecule has 0 bridgehead atoms. The molecule has 2 N–H and O–H groups in total. The molecule has 0 atom stereocenters. The fraction of sp³-hybridized carbons (Fsp3) is 0.417. The number of para-hydroxylation sites is 1. The van der Waals surface area contributed by atoms with Gasteiger partial charge < -0.3 is 14.9 Å². The van der Waals surface area contributed by atoms with E-state index in [-0.39, 0.29) is 45.5 Å². The molecule has 0 fully saturated rings. The van der Waals surface area contributed by atoms with Crippen molar-refractivity contribution in [3.05, 3.63) is 71.2 Å². The van der Waals surface area contributed by atoms with Crippen LogP contribution in [0, 0.1) is 9.54 Å². The summed E-state index contributed by atoms with van der Waals surface area (Å²) in [7, 11) is 1.47. The van der Waals surface area contributed by atoms with Gasteiger partial charge in [-0.2, -0.15) is 0 Å². The van der Waals surface area contributed by atoms with Gasteiger partial charge in [-0.05, 0) is 58.2 Å². The van der Waals surface area contributed by atoms with Crippen LogP contribution in [-0.4, -0.2) is 35.6 Å². The number of hydrogen-bond donors (Lipinski definition) is 2. The van der Waals surface area contributed by atoms with Gasteiger partial charge in [-0.15, -0.1) is 0 Å². The molecule has 0 aliphatic carbocycles. The van der Waals surface area contributed by atoms with Crippen LogP contribution in [0.2, 0.25) is 0 Å². The molecule has 0 radical (unpaired) electrons. The summed E-state index contributed by atoms with van der Waals surface area (Å²) in [6.45, 7) is 8.23. The SMILES string of the molecule is CCn1c(O)c(C(c2ccccc2OC)c2c(O)n(CC)c(=S)n(CC)c2=O)c(=O)n(CC)c1=S. The first-order chi connectivity index (χ1) is 16.7. The van der Waals surface area contributed by atoms with Gasteiger partial charge in [0.15, 0.2) is 9.54 Å². The van der Waals surface area contributed by atoms with E-state index in [0.29, 0.717) is 24.4 Å². The van der Waals surface area contributed by atoms with Gasteiger partial charge in [0.25, 0.3) is 11.1 Å². The Kier molecular flexibility index (Phi) is 8.01. The molecule has 9 nitrogen and oxygen atoms in total. The number of benzene rings is 1. The molecule has 3 rings (SSSR count). The van der Waals surface area contributed by atoms with Crippen molar-refractivity contribution in [3.63, 3.8) is 0 Å². The molecule has 3 aromatic rings. The quantitative estimate of drug-likeness (QED) is 0.438. The smallest absolute Gasteiger partial charge is 0.262 e. The van der Waals surface area contributed by atoms with Crippen molar-refractivity contribution in [3.8, 4) is 17.5 Å². The van der Waals surface area contributed by atoms with Gasteiger partial charge in [0.1, 0.15) is 5.75 Å². The largest absolute Gasteiger partial charge is 0.496 e.